The fraction of sp³-hybridized carbons (Fsp3) is 0. The third-order valence-corrected chi connectivity index (χ3v) is 3.68. The molecule has 0 bridgehead atoms. The van der Waals surface area contributed by atoms with E-state index in [2.05, 4.69) is 9.97 Å². The smallest absolute Gasteiger partial charge is 0.269 e. The maximum absolute atomic E-state index is 12.0. The molecule has 0 saturated heterocycles. The first kappa shape index (κ1) is 16.6. The third-order valence-electron chi connectivity index (χ3n) is 3.44. The van der Waals surface area contributed by atoms with E-state index in [1.165, 1.54) is 12.1 Å². The predicted molar refractivity (Wildman–Crippen MR) is 98.3 cm³/mol. The third kappa shape index (κ3) is 3.99. The molecule has 0 spiro atoms. The number of nitro benzene ring substituents is 1. The van der Waals surface area contributed by atoms with Crippen LogP contribution in [0.4, 0.5) is 5.69 Å². The zero-order valence-electron chi connectivity index (χ0n) is 12.8. The van der Waals surface area contributed by atoms with Crippen LogP contribution < -0.4 is 5.56 Å². The predicted octanol–water partition coefficient (Wildman–Crippen LogP) is 4.12. The first-order valence-electron chi connectivity index (χ1n) is 7.32. The van der Waals surface area contributed by atoms with Crippen LogP contribution in [0.2, 0.25) is 0 Å². The topological polar surface area (TPSA) is 88.9 Å². The van der Waals surface area contributed by atoms with Gasteiger partial charge in [0.1, 0.15) is 5.82 Å². The van der Waals surface area contributed by atoms with Crippen LogP contribution >= 0.6 is 11.6 Å². The quantitative estimate of drug-likeness (QED) is 0.434. The van der Waals surface area contributed by atoms with E-state index in [4.69, 9.17) is 11.6 Å². The van der Waals surface area contributed by atoms with Crippen molar-refractivity contribution >= 4 is 40.3 Å². The number of halogens is 1. The number of non-ortho nitro benzene ring substituents is 1. The van der Waals surface area contributed by atoms with Crippen molar-refractivity contribution in [1.29, 1.82) is 0 Å². The molecule has 0 radical (unpaired) electrons. The molecular weight excluding hydrogens is 342 g/mol. The summed E-state index contributed by atoms with van der Waals surface area (Å²) in [4.78, 5) is 29.2. The standard InChI is InChI=1S/C18H12ClN3O3/c19-13(11-12-5-8-14(9-6-12)22(24)25)7-10-17-20-16-4-2-1-3-15(16)18(23)21-17/h1-11H,(H,20,21,23). The Kier molecular flexibility index (Phi) is 4.72. The Bertz CT molecular complexity index is 1050. The van der Waals surface area contributed by atoms with Gasteiger partial charge in [-0.25, -0.2) is 4.98 Å². The number of aromatic nitrogens is 2. The summed E-state index contributed by atoms with van der Waals surface area (Å²) in [6, 6.07) is 13.1. The van der Waals surface area contributed by atoms with E-state index in [0.717, 1.165) is 5.56 Å². The van der Waals surface area contributed by atoms with Crippen LogP contribution in [0.1, 0.15) is 11.4 Å². The van der Waals surface area contributed by atoms with Gasteiger partial charge in [0.2, 0.25) is 0 Å². The Morgan fingerprint density at radius 1 is 1.16 bits per heavy atom. The average Bonchev–Trinajstić information content (AvgIpc) is 2.60. The summed E-state index contributed by atoms with van der Waals surface area (Å²) in [6.45, 7) is 0. The lowest BCUT2D eigenvalue weighted by Gasteiger charge is -1.98. The molecule has 0 saturated carbocycles. The lowest BCUT2D eigenvalue weighted by Crippen LogP contribution is -2.09. The van der Waals surface area contributed by atoms with Gasteiger partial charge in [-0.05, 0) is 48.1 Å². The van der Waals surface area contributed by atoms with E-state index >= 15 is 0 Å². The summed E-state index contributed by atoms with van der Waals surface area (Å²) in [5.74, 6) is 0.388. The van der Waals surface area contributed by atoms with Crippen LogP contribution in [0, 0.1) is 10.1 Å². The van der Waals surface area contributed by atoms with E-state index in [9.17, 15) is 14.9 Å². The lowest BCUT2D eigenvalue weighted by atomic mass is 10.2. The number of benzene rings is 2. The van der Waals surface area contributed by atoms with Crippen molar-refractivity contribution < 1.29 is 4.92 Å². The molecule has 3 rings (SSSR count). The zero-order chi connectivity index (χ0) is 17.8. The number of allylic oxidation sites excluding steroid dienone is 2. The molecule has 1 heterocycles. The Labute approximate surface area is 147 Å². The minimum Gasteiger partial charge on any atom is -0.306 e. The average molecular weight is 354 g/mol. The van der Waals surface area contributed by atoms with Gasteiger partial charge in [-0.2, -0.15) is 0 Å². The van der Waals surface area contributed by atoms with Gasteiger partial charge in [0, 0.05) is 17.2 Å². The fourth-order valence-electron chi connectivity index (χ4n) is 2.24. The fourth-order valence-corrected chi connectivity index (χ4v) is 2.43. The number of nitrogens with one attached hydrogen (secondary N) is 1. The summed E-state index contributed by atoms with van der Waals surface area (Å²) < 4.78 is 0. The van der Waals surface area contributed by atoms with Crippen LogP contribution in [0.15, 0.2) is 64.4 Å². The normalized spacial score (nSPS) is 12.0. The van der Waals surface area contributed by atoms with Crippen molar-refractivity contribution in [3.05, 3.63) is 91.5 Å². The molecule has 0 fully saturated rings. The van der Waals surface area contributed by atoms with Gasteiger partial charge >= 0.3 is 0 Å². The number of rotatable bonds is 4. The molecule has 0 aliphatic carbocycles. The van der Waals surface area contributed by atoms with Crippen molar-refractivity contribution in [2.75, 3.05) is 0 Å². The van der Waals surface area contributed by atoms with Crippen LogP contribution in [0.3, 0.4) is 0 Å². The maximum atomic E-state index is 12.0. The highest BCUT2D eigenvalue weighted by Crippen LogP contribution is 2.17. The molecule has 6 nitrogen and oxygen atoms in total. The van der Waals surface area contributed by atoms with Crippen LogP contribution in [0.25, 0.3) is 23.1 Å². The number of hydrogen-bond donors (Lipinski definition) is 1. The van der Waals surface area contributed by atoms with Gasteiger partial charge in [-0.1, -0.05) is 23.7 Å². The first-order chi connectivity index (χ1) is 12.0. The van der Waals surface area contributed by atoms with Crippen LogP contribution in [-0.4, -0.2) is 14.9 Å². The van der Waals surface area contributed by atoms with E-state index in [1.807, 2.05) is 6.07 Å². The highest BCUT2D eigenvalue weighted by molar-refractivity contribution is 6.33. The second kappa shape index (κ2) is 7.11. The molecule has 1 N–H and O–H groups in total. The van der Waals surface area contributed by atoms with E-state index < -0.39 is 4.92 Å². The largest absolute Gasteiger partial charge is 0.306 e. The molecule has 0 aliphatic heterocycles. The van der Waals surface area contributed by atoms with Crippen molar-refractivity contribution in [2.45, 2.75) is 0 Å². The minimum atomic E-state index is -0.462. The van der Waals surface area contributed by atoms with Crippen molar-refractivity contribution in [3.8, 4) is 0 Å². The molecule has 0 unspecified atom stereocenters. The number of nitro groups is 1. The Hall–Kier alpha value is -3.25. The van der Waals surface area contributed by atoms with E-state index in [0.29, 0.717) is 21.8 Å². The van der Waals surface area contributed by atoms with E-state index in [1.54, 1.807) is 48.6 Å². The molecule has 1 aromatic heterocycles. The minimum absolute atomic E-state index is 0.0155. The number of nitrogens with zero attached hydrogens (tertiary/aromatic N) is 2. The first-order valence-corrected chi connectivity index (χ1v) is 7.69. The Balaban J connectivity index is 1.83. The van der Waals surface area contributed by atoms with Gasteiger partial charge < -0.3 is 4.98 Å². The summed E-state index contributed by atoms with van der Waals surface area (Å²) in [5, 5.41) is 11.5. The van der Waals surface area contributed by atoms with E-state index in [-0.39, 0.29) is 11.2 Å². The molecule has 25 heavy (non-hydrogen) atoms. The zero-order valence-corrected chi connectivity index (χ0v) is 13.6. The van der Waals surface area contributed by atoms with Crippen LogP contribution in [0.5, 0.6) is 0 Å². The summed E-state index contributed by atoms with van der Waals surface area (Å²) in [7, 11) is 0. The van der Waals surface area contributed by atoms with Gasteiger partial charge in [0.25, 0.3) is 11.2 Å². The summed E-state index contributed by atoms with van der Waals surface area (Å²) in [5.41, 5.74) is 1.11. The molecule has 0 aliphatic rings. The van der Waals surface area contributed by atoms with Crippen molar-refractivity contribution in [3.63, 3.8) is 0 Å². The lowest BCUT2D eigenvalue weighted by molar-refractivity contribution is -0.384. The highest BCUT2D eigenvalue weighted by atomic mass is 35.5. The Morgan fingerprint density at radius 2 is 1.88 bits per heavy atom. The van der Waals surface area contributed by atoms with Gasteiger partial charge in [-0.15, -0.1) is 0 Å². The molecule has 124 valence electrons. The molecule has 2 aromatic carbocycles. The molecule has 7 heteroatoms. The molecule has 3 aromatic rings. The van der Waals surface area contributed by atoms with Gasteiger partial charge in [0.15, 0.2) is 0 Å². The SMILES string of the molecule is O=c1[nH]c(C=CC(Cl)=Cc2ccc([N+](=O)[O-])cc2)nc2ccccc12. The maximum Gasteiger partial charge on any atom is 0.269 e. The number of fused-ring (bicyclic) bond motifs is 1. The molecule has 0 atom stereocenters. The second-order valence-corrected chi connectivity index (χ2v) is 5.62. The monoisotopic (exact) mass is 353 g/mol. The molecular formula is C18H12ClN3O3. The number of H-pyrrole nitrogens is 1. The molecule has 0 amide bonds. The summed E-state index contributed by atoms with van der Waals surface area (Å²) >= 11 is 6.15. The second-order valence-electron chi connectivity index (χ2n) is 5.18. The van der Waals surface area contributed by atoms with Gasteiger partial charge in [-0.3, -0.25) is 14.9 Å². The van der Waals surface area contributed by atoms with Crippen molar-refractivity contribution in [1.82, 2.24) is 9.97 Å². The van der Waals surface area contributed by atoms with Gasteiger partial charge in [0.05, 0.1) is 15.8 Å². The van der Waals surface area contributed by atoms with Crippen molar-refractivity contribution in [2.24, 2.45) is 0 Å². The summed E-state index contributed by atoms with van der Waals surface area (Å²) in [6.07, 6.45) is 4.84. The number of hydrogen-bond acceptors (Lipinski definition) is 4. The van der Waals surface area contributed by atoms with Crippen LogP contribution in [-0.2, 0) is 0 Å². The number of aromatic amines is 1. The Morgan fingerprint density at radius 3 is 2.60 bits per heavy atom. The highest BCUT2D eigenvalue weighted by Gasteiger charge is 2.03. The number of para-hydroxylation sites is 1.